The maximum atomic E-state index is 10.9. The van der Waals surface area contributed by atoms with Gasteiger partial charge in [-0.15, -0.1) is 0 Å². The molecule has 3 N–H and O–H groups in total. The van der Waals surface area contributed by atoms with Crippen molar-refractivity contribution in [1.82, 2.24) is 5.32 Å². The van der Waals surface area contributed by atoms with E-state index in [4.69, 9.17) is 10.8 Å². The van der Waals surface area contributed by atoms with Gasteiger partial charge in [0, 0.05) is 51.7 Å². The zero-order valence-corrected chi connectivity index (χ0v) is 16.0. The summed E-state index contributed by atoms with van der Waals surface area (Å²) in [6, 6.07) is 13.6. The molecule has 0 saturated carbocycles. The SMILES string of the molecule is CNC(=O)c1ccc(O)cc1.[NH-]C(=O)C1=Nc2ccccc2C1.[Y]. The van der Waals surface area contributed by atoms with Crippen molar-refractivity contribution in [2.75, 3.05) is 7.05 Å². The van der Waals surface area contributed by atoms with Gasteiger partial charge in [-0.05, 0) is 35.9 Å². The first-order chi connectivity index (χ1) is 11.0. The molecule has 0 atom stereocenters. The number of rotatable bonds is 2. The molecule has 3 rings (SSSR count). The first-order valence-corrected chi connectivity index (χ1v) is 6.93. The third kappa shape index (κ3) is 5.25. The first kappa shape index (κ1) is 20.0. The number of phenolic OH excluding ortho intramolecular Hbond substituents is 1. The molecule has 0 saturated heterocycles. The summed E-state index contributed by atoms with van der Waals surface area (Å²) >= 11 is 0. The maximum absolute atomic E-state index is 10.9. The number of carbonyl (C=O) groups is 2. The van der Waals surface area contributed by atoms with Crippen LogP contribution in [0.15, 0.2) is 53.5 Å². The number of benzene rings is 2. The van der Waals surface area contributed by atoms with Crippen molar-refractivity contribution in [3.63, 3.8) is 0 Å². The van der Waals surface area contributed by atoms with Crippen LogP contribution in [0.4, 0.5) is 5.69 Å². The predicted molar refractivity (Wildman–Crippen MR) is 88.1 cm³/mol. The quantitative estimate of drug-likeness (QED) is 0.812. The zero-order valence-electron chi connectivity index (χ0n) is 13.1. The number of phenols is 1. The van der Waals surface area contributed by atoms with Crippen LogP contribution < -0.4 is 5.32 Å². The second-order valence-corrected chi connectivity index (χ2v) is 4.82. The molecule has 0 aliphatic carbocycles. The van der Waals surface area contributed by atoms with Crippen molar-refractivity contribution in [3.05, 3.63) is 65.4 Å². The van der Waals surface area contributed by atoms with Gasteiger partial charge in [-0.2, -0.15) is 0 Å². The summed E-state index contributed by atoms with van der Waals surface area (Å²) in [5.74, 6) is -0.658. The van der Waals surface area contributed by atoms with Gasteiger partial charge < -0.3 is 21.0 Å². The molecule has 0 bridgehead atoms. The summed E-state index contributed by atoms with van der Waals surface area (Å²) < 4.78 is 0. The number of para-hydroxylation sites is 1. The second kappa shape index (κ2) is 9.30. The average Bonchev–Trinajstić information content (AvgIpc) is 3.00. The van der Waals surface area contributed by atoms with E-state index in [1.165, 1.54) is 12.1 Å². The number of aromatic hydroxyl groups is 1. The van der Waals surface area contributed by atoms with E-state index in [2.05, 4.69) is 10.3 Å². The number of nitrogens with one attached hydrogen (secondary N) is 2. The Balaban J connectivity index is 0.000000232. The molecule has 1 aliphatic heterocycles. The van der Waals surface area contributed by atoms with Crippen LogP contribution in [0, 0.1) is 0 Å². The van der Waals surface area contributed by atoms with E-state index >= 15 is 0 Å². The van der Waals surface area contributed by atoms with Gasteiger partial charge >= 0.3 is 0 Å². The van der Waals surface area contributed by atoms with E-state index in [0.717, 1.165) is 11.3 Å². The van der Waals surface area contributed by atoms with Gasteiger partial charge in [0.2, 0.25) is 0 Å². The van der Waals surface area contributed by atoms with Crippen LogP contribution in [0.1, 0.15) is 15.9 Å². The first-order valence-electron chi connectivity index (χ1n) is 6.93. The molecule has 1 heterocycles. The maximum Gasteiger partial charge on any atom is 0.251 e. The molecule has 6 nitrogen and oxygen atoms in total. The molecule has 2 aromatic carbocycles. The largest absolute Gasteiger partial charge is 0.662 e. The molecular formula is C17H16N3O3Y-. The summed E-state index contributed by atoms with van der Waals surface area (Å²) in [5.41, 5.74) is 9.63. The van der Waals surface area contributed by atoms with Crippen molar-refractivity contribution >= 4 is 23.2 Å². The number of hydrogen-bond donors (Lipinski definition) is 2. The number of fused-ring (bicyclic) bond motifs is 1. The topological polar surface area (TPSA) is 103 Å². The molecular weight excluding hydrogens is 383 g/mol. The number of amides is 2. The van der Waals surface area contributed by atoms with E-state index in [0.29, 0.717) is 17.7 Å². The van der Waals surface area contributed by atoms with Crippen LogP contribution in [0.25, 0.3) is 5.73 Å². The fraction of sp³-hybridized carbons (Fsp3) is 0.118. The van der Waals surface area contributed by atoms with Gasteiger partial charge in [0.05, 0.1) is 17.3 Å². The van der Waals surface area contributed by atoms with Gasteiger partial charge in [0.25, 0.3) is 5.91 Å². The Labute approximate surface area is 165 Å². The van der Waals surface area contributed by atoms with E-state index < -0.39 is 5.91 Å². The van der Waals surface area contributed by atoms with Crippen LogP contribution in [0.2, 0.25) is 0 Å². The number of aliphatic imine (C=N–C) groups is 1. The van der Waals surface area contributed by atoms with Crippen molar-refractivity contribution < 1.29 is 47.4 Å². The van der Waals surface area contributed by atoms with Crippen molar-refractivity contribution in [2.45, 2.75) is 6.42 Å². The number of nitrogens with zero attached hydrogens (tertiary/aromatic N) is 1. The third-order valence-corrected chi connectivity index (χ3v) is 3.22. The van der Waals surface area contributed by atoms with Gasteiger partial charge in [-0.1, -0.05) is 18.2 Å². The minimum atomic E-state index is -0.675. The molecule has 0 spiro atoms. The zero-order chi connectivity index (χ0) is 16.8. The van der Waals surface area contributed by atoms with Gasteiger partial charge in [-0.3, -0.25) is 9.79 Å². The summed E-state index contributed by atoms with van der Waals surface area (Å²) in [6.45, 7) is 0. The molecule has 121 valence electrons. The molecule has 0 aromatic heterocycles. The summed E-state index contributed by atoms with van der Waals surface area (Å²) in [7, 11) is 1.56. The molecule has 24 heavy (non-hydrogen) atoms. The standard InChI is InChI=1S/C9H8N2O.C8H9NO2.Y/c10-9(12)8-5-6-3-1-2-4-7(6)11-8;1-9-8(11)6-2-4-7(10)5-3-6;/h1-4H,5H2,(H2,10,12);2-5,10H,1H3,(H,9,11);/p-1. The van der Waals surface area contributed by atoms with Crippen molar-refractivity contribution in [3.8, 4) is 5.75 Å². The number of carbonyl (C=O) groups excluding carboxylic acids is 2. The van der Waals surface area contributed by atoms with Crippen LogP contribution in [-0.2, 0) is 43.9 Å². The summed E-state index contributed by atoms with van der Waals surface area (Å²) in [5, 5.41) is 11.4. The Hall–Kier alpha value is -2.05. The van der Waals surface area contributed by atoms with Crippen LogP contribution in [0.3, 0.4) is 0 Å². The smallest absolute Gasteiger partial charge is 0.251 e. The minimum Gasteiger partial charge on any atom is -0.662 e. The van der Waals surface area contributed by atoms with Crippen molar-refractivity contribution in [1.29, 1.82) is 0 Å². The van der Waals surface area contributed by atoms with Crippen LogP contribution >= 0.6 is 0 Å². The molecule has 7 heteroatoms. The molecule has 0 unspecified atom stereocenters. The van der Waals surface area contributed by atoms with E-state index in [1.54, 1.807) is 19.2 Å². The summed E-state index contributed by atoms with van der Waals surface area (Å²) in [6.07, 6.45) is 0.512. The van der Waals surface area contributed by atoms with Gasteiger partial charge in [-0.25, -0.2) is 0 Å². The van der Waals surface area contributed by atoms with Crippen LogP contribution in [-0.4, -0.2) is 29.7 Å². The van der Waals surface area contributed by atoms with Crippen molar-refractivity contribution in [2.24, 2.45) is 4.99 Å². The fourth-order valence-electron chi connectivity index (χ4n) is 2.02. The Bertz CT molecular complexity index is 758. The normalized spacial score (nSPS) is 11.1. The Morgan fingerprint density at radius 2 is 1.75 bits per heavy atom. The van der Waals surface area contributed by atoms with Crippen LogP contribution in [0.5, 0.6) is 5.75 Å². The Kier molecular flexibility index (Phi) is 7.75. The predicted octanol–water partition coefficient (Wildman–Crippen LogP) is 2.64. The molecule has 2 aromatic rings. The molecule has 1 aliphatic rings. The molecule has 2 amide bonds. The molecule has 1 radical (unpaired) electrons. The van der Waals surface area contributed by atoms with E-state index in [1.807, 2.05) is 24.3 Å². The van der Waals surface area contributed by atoms with Gasteiger partial charge in [0.1, 0.15) is 5.75 Å². The fourth-order valence-corrected chi connectivity index (χ4v) is 2.02. The Morgan fingerprint density at radius 1 is 1.12 bits per heavy atom. The van der Waals surface area contributed by atoms with E-state index in [9.17, 15) is 9.59 Å². The summed E-state index contributed by atoms with van der Waals surface area (Å²) in [4.78, 5) is 25.6. The monoisotopic (exact) mass is 399 g/mol. The molecule has 0 fully saturated rings. The minimum absolute atomic E-state index is 0. The average molecular weight is 399 g/mol. The Morgan fingerprint density at radius 3 is 2.29 bits per heavy atom. The number of hydrogen-bond acceptors (Lipinski definition) is 4. The second-order valence-electron chi connectivity index (χ2n) is 4.82. The van der Waals surface area contributed by atoms with Gasteiger partial charge in [0.15, 0.2) is 0 Å². The van der Waals surface area contributed by atoms with E-state index in [-0.39, 0.29) is 44.4 Å². The third-order valence-electron chi connectivity index (χ3n) is 3.22.